The van der Waals surface area contributed by atoms with Crippen molar-refractivity contribution >= 4 is 24.3 Å². The van der Waals surface area contributed by atoms with Crippen molar-refractivity contribution in [1.29, 1.82) is 0 Å². The topological polar surface area (TPSA) is 18.5 Å². The smallest absolute Gasteiger partial charge is 0.123 e. The van der Waals surface area contributed by atoms with E-state index in [1.165, 1.54) is 156 Å². The van der Waals surface area contributed by atoms with E-state index >= 15 is 0 Å². The summed E-state index contributed by atoms with van der Waals surface area (Å²) < 4.78 is 12.3. The highest BCUT2D eigenvalue weighted by molar-refractivity contribution is 5.73. The van der Waals surface area contributed by atoms with Crippen molar-refractivity contribution in [3.8, 4) is 5.75 Å². The van der Waals surface area contributed by atoms with Gasteiger partial charge >= 0.3 is 0 Å². The molecule has 3 aromatic rings. The lowest BCUT2D eigenvalue weighted by atomic mass is 9.94. The van der Waals surface area contributed by atoms with Crippen LogP contribution in [0.4, 0.5) is 0 Å². The maximum atomic E-state index is 6.36. The van der Waals surface area contributed by atoms with Crippen LogP contribution in [0.25, 0.3) is 24.3 Å². The van der Waals surface area contributed by atoms with Gasteiger partial charge in [-0.05, 0) is 102 Å². The zero-order chi connectivity index (χ0) is 39.9. The van der Waals surface area contributed by atoms with E-state index in [9.17, 15) is 0 Å². The van der Waals surface area contributed by atoms with Gasteiger partial charge in [0.15, 0.2) is 0 Å². The molecule has 0 amide bonds. The van der Waals surface area contributed by atoms with E-state index in [0.717, 1.165) is 44.8 Å². The number of aryl methyl sites for hydroxylation is 3. The van der Waals surface area contributed by atoms with Gasteiger partial charge in [-0.2, -0.15) is 0 Å². The van der Waals surface area contributed by atoms with Crippen LogP contribution >= 0.6 is 0 Å². The first-order chi connectivity index (χ1) is 27.6. The van der Waals surface area contributed by atoms with Gasteiger partial charge in [0.1, 0.15) is 5.75 Å². The zero-order valence-electron chi connectivity index (χ0n) is 36.9. The summed E-state index contributed by atoms with van der Waals surface area (Å²) in [6, 6.07) is 22.8. The fourth-order valence-corrected chi connectivity index (χ4v) is 7.51. The second kappa shape index (κ2) is 31.0. The van der Waals surface area contributed by atoms with Gasteiger partial charge < -0.3 is 9.47 Å². The molecule has 0 aliphatic carbocycles. The molecular formula is C54H82O2. The maximum absolute atomic E-state index is 6.36. The Kier molecular flexibility index (Phi) is 26.1. The summed E-state index contributed by atoms with van der Waals surface area (Å²) >= 11 is 0. The highest BCUT2D eigenvalue weighted by Crippen LogP contribution is 2.25. The van der Waals surface area contributed by atoms with Crippen molar-refractivity contribution in [3.63, 3.8) is 0 Å². The van der Waals surface area contributed by atoms with Gasteiger partial charge in [0, 0.05) is 13.2 Å². The SMILES string of the molecule is CCCCCCCCOCCC(C)CCOc1cc(C=Cc2ccc(C=Cc3ccc(CCCCCCCC)c(CCCCCCCC)c3)cc2)ccc1CC. The minimum atomic E-state index is 0.596. The molecule has 0 heterocycles. The van der Waals surface area contributed by atoms with E-state index in [2.05, 4.69) is 120 Å². The molecule has 2 nitrogen and oxygen atoms in total. The van der Waals surface area contributed by atoms with Gasteiger partial charge in [-0.25, -0.2) is 0 Å². The van der Waals surface area contributed by atoms with Crippen LogP contribution in [0.5, 0.6) is 5.75 Å². The first-order valence-electron chi connectivity index (χ1n) is 23.5. The largest absolute Gasteiger partial charge is 0.493 e. The van der Waals surface area contributed by atoms with Gasteiger partial charge in [0.2, 0.25) is 0 Å². The summed E-state index contributed by atoms with van der Waals surface area (Å²) in [7, 11) is 0. The average Bonchev–Trinajstić information content (AvgIpc) is 3.22. The third kappa shape index (κ3) is 20.9. The molecular weight excluding hydrogens is 681 g/mol. The number of rotatable bonds is 33. The van der Waals surface area contributed by atoms with E-state index in [1.54, 1.807) is 11.1 Å². The van der Waals surface area contributed by atoms with Gasteiger partial charge in [-0.1, -0.05) is 210 Å². The van der Waals surface area contributed by atoms with E-state index in [1.807, 2.05) is 0 Å². The van der Waals surface area contributed by atoms with Crippen molar-refractivity contribution < 1.29 is 9.47 Å². The van der Waals surface area contributed by atoms with Gasteiger partial charge in [-0.3, -0.25) is 0 Å². The quantitative estimate of drug-likeness (QED) is 0.0454. The molecule has 0 aliphatic rings. The van der Waals surface area contributed by atoms with Gasteiger partial charge in [0.25, 0.3) is 0 Å². The molecule has 1 atom stereocenters. The molecule has 0 spiro atoms. The summed E-state index contributed by atoms with van der Waals surface area (Å²) in [4.78, 5) is 0. The fraction of sp³-hybridized carbons (Fsp3) is 0.593. The van der Waals surface area contributed by atoms with Crippen LogP contribution in [0.3, 0.4) is 0 Å². The molecule has 0 radical (unpaired) electrons. The molecule has 2 heteroatoms. The highest BCUT2D eigenvalue weighted by atomic mass is 16.5. The van der Waals surface area contributed by atoms with E-state index in [0.29, 0.717) is 5.92 Å². The molecule has 0 bridgehead atoms. The predicted molar refractivity (Wildman–Crippen MR) is 249 cm³/mol. The zero-order valence-corrected chi connectivity index (χ0v) is 36.9. The highest BCUT2D eigenvalue weighted by Gasteiger charge is 2.08. The third-order valence-electron chi connectivity index (χ3n) is 11.4. The van der Waals surface area contributed by atoms with E-state index in [-0.39, 0.29) is 0 Å². The van der Waals surface area contributed by atoms with Crippen LogP contribution in [0, 0.1) is 5.92 Å². The number of ether oxygens (including phenoxy) is 2. The van der Waals surface area contributed by atoms with Crippen molar-refractivity contribution in [2.24, 2.45) is 5.92 Å². The molecule has 1 unspecified atom stereocenters. The minimum absolute atomic E-state index is 0.596. The lowest BCUT2D eigenvalue weighted by Gasteiger charge is -2.15. The minimum Gasteiger partial charge on any atom is -0.493 e. The molecule has 0 N–H and O–H groups in total. The van der Waals surface area contributed by atoms with Crippen LogP contribution in [0.15, 0.2) is 60.7 Å². The molecule has 0 aromatic heterocycles. The summed E-state index contributed by atoms with van der Waals surface area (Å²) in [5.41, 5.74) is 9.36. The summed E-state index contributed by atoms with van der Waals surface area (Å²) in [6.45, 7) is 13.9. The second-order valence-electron chi connectivity index (χ2n) is 16.5. The molecule has 0 saturated heterocycles. The van der Waals surface area contributed by atoms with Gasteiger partial charge in [-0.15, -0.1) is 0 Å². The Morgan fingerprint density at radius 1 is 0.429 bits per heavy atom. The van der Waals surface area contributed by atoms with Crippen molar-refractivity contribution in [1.82, 2.24) is 0 Å². The predicted octanol–water partition coefficient (Wildman–Crippen LogP) is 16.6. The van der Waals surface area contributed by atoms with Gasteiger partial charge in [0.05, 0.1) is 6.61 Å². The standard InChI is InChI=1S/C54H82O2/c1-6-10-13-16-19-22-25-52-38-36-49(44-53(52)26-23-20-17-14-11-7-2)33-31-47-27-29-48(30-28-47)32-34-50-35-37-51(9-4)54(45-50)56-43-40-46(5)39-42-55-41-24-21-18-15-12-8-3/h27-38,44-46H,6-26,39-43H2,1-5H3. The van der Waals surface area contributed by atoms with E-state index in [4.69, 9.17) is 9.47 Å². The number of unbranched alkanes of at least 4 members (excludes halogenated alkanes) is 15. The third-order valence-corrected chi connectivity index (χ3v) is 11.4. The van der Waals surface area contributed by atoms with Crippen LogP contribution in [-0.2, 0) is 24.0 Å². The molecule has 3 rings (SSSR count). The first-order valence-corrected chi connectivity index (χ1v) is 23.5. The lowest BCUT2D eigenvalue weighted by molar-refractivity contribution is 0.114. The van der Waals surface area contributed by atoms with Crippen LogP contribution in [0.2, 0.25) is 0 Å². The number of hydrogen-bond acceptors (Lipinski definition) is 2. The molecule has 3 aromatic carbocycles. The molecule has 0 aliphatic heterocycles. The van der Waals surface area contributed by atoms with Crippen LogP contribution in [0.1, 0.15) is 202 Å². The number of hydrogen-bond donors (Lipinski definition) is 0. The monoisotopic (exact) mass is 763 g/mol. The molecule has 56 heavy (non-hydrogen) atoms. The van der Waals surface area contributed by atoms with Crippen molar-refractivity contribution in [2.45, 2.75) is 182 Å². The average molecular weight is 763 g/mol. The Bertz CT molecular complexity index is 1460. The summed E-state index contributed by atoms with van der Waals surface area (Å²) in [6.07, 6.45) is 38.7. The van der Waals surface area contributed by atoms with Crippen molar-refractivity contribution in [2.75, 3.05) is 19.8 Å². The van der Waals surface area contributed by atoms with Crippen LogP contribution in [-0.4, -0.2) is 19.8 Å². The Labute approximate surface area is 346 Å². The lowest BCUT2D eigenvalue weighted by Crippen LogP contribution is -2.08. The normalized spacial score (nSPS) is 12.3. The second-order valence-corrected chi connectivity index (χ2v) is 16.5. The summed E-state index contributed by atoms with van der Waals surface area (Å²) in [5, 5.41) is 0. The maximum Gasteiger partial charge on any atom is 0.123 e. The molecule has 0 fully saturated rings. The summed E-state index contributed by atoms with van der Waals surface area (Å²) in [5.74, 6) is 1.62. The first kappa shape index (κ1) is 47.3. The Morgan fingerprint density at radius 3 is 1.45 bits per heavy atom. The fourth-order valence-electron chi connectivity index (χ4n) is 7.51. The Morgan fingerprint density at radius 2 is 0.875 bits per heavy atom. The molecule has 310 valence electrons. The van der Waals surface area contributed by atoms with E-state index < -0.39 is 0 Å². The van der Waals surface area contributed by atoms with Crippen molar-refractivity contribution in [3.05, 3.63) is 99.6 Å². The Hall–Kier alpha value is -3.10. The van der Waals surface area contributed by atoms with Crippen LogP contribution < -0.4 is 4.74 Å². The molecule has 0 saturated carbocycles. The number of benzene rings is 3. The Balaban J connectivity index is 1.49.